The van der Waals surface area contributed by atoms with E-state index in [9.17, 15) is 14.7 Å². The average molecular weight is 440 g/mol. The third kappa shape index (κ3) is 7.05. The van der Waals surface area contributed by atoms with E-state index in [1.165, 1.54) is 5.56 Å². The van der Waals surface area contributed by atoms with Crippen LogP contribution in [0.4, 0.5) is 5.82 Å². The summed E-state index contributed by atoms with van der Waals surface area (Å²) < 4.78 is 5.62. The predicted molar refractivity (Wildman–Crippen MR) is 124 cm³/mol. The van der Waals surface area contributed by atoms with Gasteiger partial charge < -0.3 is 20.5 Å². The number of carboxylic acids is 1. The smallest absolute Gasteiger partial charge is 0.326 e. The summed E-state index contributed by atoms with van der Waals surface area (Å²) >= 11 is 0. The number of carbonyl (C=O) groups is 2. The number of aromatic nitrogens is 1. The fourth-order valence-electron chi connectivity index (χ4n) is 3.77. The first kappa shape index (κ1) is 23.7. The standard InChI is InChI=1S/C25H33N3O4/c1-18(19-8-3-2-4-9-19)24(29)28-22(25(30)31)14-17-32-16-6-5-11-21-13-12-20-10-7-15-26-23(20)27-21/h2-4,8-9,12-13,18,22H,5-7,10-11,14-17H2,1H3,(H,26,27)(H,28,29)(H,30,31)/t18?,22-/m0/s1. The zero-order valence-electron chi connectivity index (χ0n) is 18.7. The van der Waals surface area contributed by atoms with Crippen LogP contribution < -0.4 is 10.6 Å². The number of carbonyl (C=O) groups excluding carboxylic acids is 1. The second-order valence-corrected chi connectivity index (χ2v) is 8.23. The fraction of sp³-hybridized carbons (Fsp3) is 0.480. The van der Waals surface area contributed by atoms with E-state index in [-0.39, 0.29) is 18.9 Å². The van der Waals surface area contributed by atoms with Crippen LogP contribution in [-0.4, -0.2) is 47.8 Å². The third-order valence-corrected chi connectivity index (χ3v) is 5.78. The molecule has 7 heteroatoms. The first-order valence-corrected chi connectivity index (χ1v) is 11.4. The van der Waals surface area contributed by atoms with Gasteiger partial charge in [-0.15, -0.1) is 0 Å². The zero-order chi connectivity index (χ0) is 22.8. The Morgan fingerprint density at radius 3 is 2.75 bits per heavy atom. The Kier molecular flexibility index (Phi) is 9.04. The van der Waals surface area contributed by atoms with Crippen LogP contribution in [0.3, 0.4) is 0 Å². The van der Waals surface area contributed by atoms with Gasteiger partial charge in [-0.3, -0.25) is 4.79 Å². The largest absolute Gasteiger partial charge is 0.480 e. The SMILES string of the molecule is CC(C(=O)N[C@@H](CCOCCCCc1ccc2c(n1)NCCC2)C(=O)O)c1ccccc1. The lowest BCUT2D eigenvalue weighted by atomic mass is 10.00. The van der Waals surface area contributed by atoms with Crippen molar-refractivity contribution >= 4 is 17.7 Å². The molecule has 1 unspecified atom stereocenters. The van der Waals surface area contributed by atoms with E-state index in [4.69, 9.17) is 9.72 Å². The van der Waals surface area contributed by atoms with E-state index in [1.54, 1.807) is 6.92 Å². The molecular weight excluding hydrogens is 406 g/mol. The molecule has 2 heterocycles. The minimum absolute atomic E-state index is 0.237. The molecule has 0 aliphatic carbocycles. The highest BCUT2D eigenvalue weighted by Gasteiger charge is 2.23. The molecule has 32 heavy (non-hydrogen) atoms. The molecule has 0 fully saturated rings. The maximum absolute atomic E-state index is 12.4. The van der Waals surface area contributed by atoms with Gasteiger partial charge in [-0.2, -0.15) is 0 Å². The maximum Gasteiger partial charge on any atom is 0.326 e. The van der Waals surface area contributed by atoms with E-state index in [0.29, 0.717) is 6.61 Å². The van der Waals surface area contributed by atoms with Gasteiger partial charge in [-0.05, 0) is 56.2 Å². The van der Waals surface area contributed by atoms with Gasteiger partial charge in [0.25, 0.3) is 0 Å². The number of aliphatic carboxylic acids is 1. The van der Waals surface area contributed by atoms with Gasteiger partial charge in [0.1, 0.15) is 11.9 Å². The van der Waals surface area contributed by atoms with Gasteiger partial charge in [0.05, 0.1) is 5.92 Å². The van der Waals surface area contributed by atoms with Gasteiger partial charge in [0.2, 0.25) is 5.91 Å². The van der Waals surface area contributed by atoms with Crippen molar-refractivity contribution in [1.29, 1.82) is 0 Å². The molecule has 1 aliphatic rings. The summed E-state index contributed by atoms with van der Waals surface area (Å²) in [6, 6.07) is 12.6. The van der Waals surface area contributed by atoms with Crippen molar-refractivity contribution < 1.29 is 19.4 Å². The summed E-state index contributed by atoms with van der Waals surface area (Å²) in [4.78, 5) is 28.7. The number of hydrogen-bond donors (Lipinski definition) is 3. The normalized spacial score (nSPS) is 14.7. The molecule has 172 valence electrons. The molecule has 0 saturated carbocycles. The number of benzene rings is 1. The molecule has 7 nitrogen and oxygen atoms in total. The molecule has 1 aromatic heterocycles. The number of fused-ring (bicyclic) bond motifs is 1. The molecule has 3 rings (SSSR count). The molecule has 0 radical (unpaired) electrons. The topological polar surface area (TPSA) is 101 Å². The van der Waals surface area contributed by atoms with E-state index in [1.807, 2.05) is 30.3 Å². The minimum atomic E-state index is -1.05. The number of amides is 1. The number of pyridine rings is 1. The molecule has 0 bridgehead atoms. The van der Waals surface area contributed by atoms with Gasteiger partial charge in [0, 0.05) is 31.9 Å². The first-order valence-electron chi connectivity index (χ1n) is 11.4. The van der Waals surface area contributed by atoms with Crippen molar-refractivity contribution in [2.45, 2.75) is 57.4 Å². The number of hydrogen-bond acceptors (Lipinski definition) is 5. The number of unbranched alkanes of at least 4 members (excludes halogenated alkanes) is 1. The quantitative estimate of drug-likeness (QED) is 0.438. The molecule has 2 aromatic rings. The van der Waals surface area contributed by atoms with Crippen LogP contribution in [0.15, 0.2) is 42.5 Å². The lowest BCUT2D eigenvalue weighted by Crippen LogP contribution is -2.43. The molecule has 1 amide bonds. The molecule has 3 N–H and O–H groups in total. The van der Waals surface area contributed by atoms with Crippen LogP contribution in [0.5, 0.6) is 0 Å². The molecule has 1 aromatic carbocycles. The Balaban J connectivity index is 1.32. The fourth-order valence-corrected chi connectivity index (χ4v) is 3.77. The lowest BCUT2D eigenvalue weighted by molar-refractivity contribution is -0.142. The van der Waals surface area contributed by atoms with Crippen LogP contribution in [-0.2, 0) is 27.2 Å². The second-order valence-electron chi connectivity index (χ2n) is 8.23. The van der Waals surface area contributed by atoms with Crippen LogP contribution >= 0.6 is 0 Å². The van der Waals surface area contributed by atoms with Crippen molar-refractivity contribution in [3.8, 4) is 0 Å². The van der Waals surface area contributed by atoms with Crippen molar-refractivity contribution in [1.82, 2.24) is 10.3 Å². The highest BCUT2D eigenvalue weighted by atomic mass is 16.5. The Bertz CT molecular complexity index is 888. The second kappa shape index (κ2) is 12.2. The van der Waals surface area contributed by atoms with Gasteiger partial charge >= 0.3 is 5.97 Å². The Hall–Kier alpha value is -2.93. The van der Waals surface area contributed by atoms with Crippen LogP contribution in [0.2, 0.25) is 0 Å². The number of nitrogens with one attached hydrogen (secondary N) is 2. The van der Waals surface area contributed by atoms with Gasteiger partial charge in [0.15, 0.2) is 0 Å². The maximum atomic E-state index is 12.4. The van der Waals surface area contributed by atoms with E-state index in [0.717, 1.165) is 55.7 Å². The number of carboxylic acid groups (broad SMARTS) is 1. The van der Waals surface area contributed by atoms with Crippen LogP contribution in [0, 0.1) is 0 Å². The van der Waals surface area contributed by atoms with Gasteiger partial charge in [-0.1, -0.05) is 36.4 Å². The molecular formula is C25H33N3O4. The van der Waals surface area contributed by atoms with E-state index in [2.05, 4.69) is 22.8 Å². The third-order valence-electron chi connectivity index (χ3n) is 5.78. The summed E-state index contributed by atoms with van der Waals surface area (Å²) in [5.74, 6) is -0.732. The first-order chi connectivity index (χ1) is 15.5. The van der Waals surface area contributed by atoms with Crippen molar-refractivity contribution in [2.75, 3.05) is 25.1 Å². The lowest BCUT2D eigenvalue weighted by Gasteiger charge is -2.18. The van der Waals surface area contributed by atoms with Crippen molar-refractivity contribution in [3.05, 3.63) is 59.3 Å². The Labute approximate surface area is 189 Å². The number of ether oxygens (including phenoxy) is 1. The van der Waals surface area contributed by atoms with E-state index < -0.39 is 17.9 Å². The summed E-state index contributed by atoms with van der Waals surface area (Å²) in [6.45, 7) is 3.61. The number of rotatable bonds is 12. The summed E-state index contributed by atoms with van der Waals surface area (Å²) in [5.41, 5.74) is 3.23. The number of aryl methyl sites for hydroxylation is 2. The zero-order valence-corrected chi connectivity index (χ0v) is 18.7. The summed E-state index contributed by atoms with van der Waals surface area (Å²) in [7, 11) is 0. The van der Waals surface area contributed by atoms with Crippen molar-refractivity contribution in [2.24, 2.45) is 0 Å². The Morgan fingerprint density at radius 2 is 1.97 bits per heavy atom. The van der Waals surface area contributed by atoms with Crippen molar-refractivity contribution in [3.63, 3.8) is 0 Å². The van der Waals surface area contributed by atoms with Gasteiger partial charge in [-0.25, -0.2) is 9.78 Å². The highest BCUT2D eigenvalue weighted by Crippen LogP contribution is 2.20. The molecule has 1 aliphatic heterocycles. The minimum Gasteiger partial charge on any atom is -0.480 e. The van der Waals surface area contributed by atoms with Crippen LogP contribution in [0.1, 0.15) is 55.3 Å². The molecule has 0 spiro atoms. The number of anilines is 1. The monoisotopic (exact) mass is 439 g/mol. The van der Waals surface area contributed by atoms with Crippen LogP contribution in [0.25, 0.3) is 0 Å². The molecule has 0 saturated heterocycles. The number of nitrogens with zero attached hydrogens (tertiary/aromatic N) is 1. The summed E-state index contributed by atoms with van der Waals surface area (Å²) in [6.07, 6.45) is 5.21. The summed E-state index contributed by atoms with van der Waals surface area (Å²) in [5, 5.41) is 15.4. The van der Waals surface area contributed by atoms with E-state index >= 15 is 0 Å². The Morgan fingerprint density at radius 1 is 1.16 bits per heavy atom. The highest BCUT2D eigenvalue weighted by molar-refractivity contribution is 5.87. The average Bonchev–Trinajstić information content (AvgIpc) is 2.82. The predicted octanol–water partition coefficient (Wildman–Crippen LogP) is 3.54. The molecule has 2 atom stereocenters.